The minimum Gasteiger partial charge on any atom is -0.480 e. The zero-order valence-electron chi connectivity index (χ0n) is 34.2. The maximum Gasteiger partial charge on any atom is 0.472 e. The Labute approximate surface area is 341 Å². The number of allylic oxidation sites excluding steroid dienone is 14. The van der Waals surface area contributed by atoms with Gasteiger partial charge in [0.15, 0.2) is 6.10 Å². The third kappa shape index (κ3) is 37.7. The van der Waals surface area contributed by atoms with E-state index in [1.807, 2.05) is 61.6 Å². The maximum absolute atomic E-state index is 12.6. The molecule has 57 heavy (non-hydrogen) atoms. The predicted octanol–water partition coefficient (Wildman–Crippen LogP) is 9.47. The van der Waals surface area contributed by atoms with Gasteiger partial charge in [0.25, 0.3) is 0 Å². The number of carboxylic acids is 1. The van der Waals surface area contributed by atoms with Crippen molar-refractivity contribution in [3.05, 3.63) is 97.2 Å². The van der Waals surface area contributed by atoms with Gasteiger partial charge in [0, 0.05) is 12.8 Å². The fourth-order valence-corrected chi connectivity index (χ4v) is 5.43. The molecular formula is C44H70NO11P. The van der Waals surface area contributed by atoms with E-state index in [1.54, 1.807) is 6.08 Å². The Balaban J connectivity index is 4.63. The number of hydrogen-bond donors (Lipinski definition) is 4. The van der Waals surface area contributed by atoms with Crippen LogP contribution in [0, 0.1) is 0 Å². The van der Waals surface area contributed by atoms with Gasteiger partial charge in [-0.3, -0.25) is 23.4 Å². The number of phosphoric acid groups is 1. The molecule has 0 aliphatic heterocycles. The molecule has 0 saturated heterocycles. The molecule has 5 N–H and O–H groups in total. The van der Waals surface area contributed by atoms with Crippen LogP contribution in [0.25, 0.3) is 0 Å². The Bertz CT molecular complexity index is 1350. The van der Waals surface area contributed by atoms with Crippen LogP contribution < -0.4 is 5.73 Å². The average molecular weight is 820 g/mol. The highest BCUT2D eigenvalue weighted by Crippen LogP contribution is 2.43. The van der Waals surface area contributed by atoms with Crippen LogP contribution in [0.5, 0.6) is 0 Å². The van der Waals surface area contributed by atoms with Crippen molar-refractivity contribution in [2.45, 2.75) is 141 Å². The molecule has 0 heterocycles. The van der Waals surface area contributed by atoms with E-state index in [4.69, 9.17) is 24.8 Å². The number of aliphatic hydroxyl groups excluding tert-OH is 1. The lowest BCUT2D eigenvalue weighted by Gasteiger charge is -2.20. The molecule has 2 unspecified atom stereocenters. The first-order valence-corrected chi connectivity index (χ1v) is 21.9. The second-order valence-electron chi connectivity index (χ2n) is 13.2. The molecule has 322 valence electrons. The van der Waals surface area contributed by atoms with Crippen molar-refractivity contribution >= 4 is 25.7 Å². The number of aliphatic carboxylic acids is 1. The van der Waals surface area contributed by atoms with Crippen molar-refractivity contribution < 1.29 is 52.6 Å². The molecule has 0 amide bonds. The summed E-state index contributed by atoms with van der Waals surface area (Å²) in [7, 11) is -4.76. The fraction of sp³-hybridized carbons (Fsp3) is 0.568. The summed E-state index contributed by atoms with van der Waals surface area (Å²) in [4.78, 5) is 45.8. The summed E-state index contributed by atoms with van der Waals surface area (Å²) in [6, 6.07) is -1.55. The molecule has 0 aromatic rings. The third-order valence-electron chi connectivity index (χ3n) is 7.89. The number of esters is 2. The van der Waals surface area contributed by atoms with Crippen LogP contribution in [-0.4, -0.2) is 71.1 Å². The number of carbonyl (C=O) groups excluding carboxylic acids is 2. The van der Waals surface area contributed by atoms with Gasteiger partial charge in [0.05, 0.1) is 19.3 Å². The number of carbonyl (C=O) groups is 3. The Morgan fingerprint density at radius 3 is 1.77 bits per heavy atom. The summed E-state index contributed by atoms with van der Waals surface area (Å²) in [6.45, 7) is 2.40. The van der Waals surface area contributed by atoms with Gasteiger partial charge in [0.2, 0.25) is 0 Å². The van der Waals surface area contributed by atoms with Crippen molar-refractivity contribution in [2.24, 2.45) is 5.73 Å². The van der Waals surface area contributed by atoms with Crippen LogP contribution in [0.2, 0.25) is 0 Å². The molecule has 0 aromatic heterocycles. The summed E-state index contributed by atoms with van der Waals surface area (Å²) < 4.78 is 32.5. The van der Waals surface area contributed by atoms with E-state index in [2.05, 4.69) is 47.9 Å². The first-order chi connectivity index (χ1) is 27.5. The van der Waals surface area contributed by atoms with Gasteiger partial charge in [-0.1, -0.05) is 124 Å². The molecule has 0 radical (unpaired) electrons. The zero-order valence-corrected chi connectivity index (χ0v) is 35.1. The molecule has 4 atom stereocenters. The highest BCUT2D eigenvalue weighted by atomic mass is 31.2. The van der Waals surface area contributed by atoms with Gasteiger partial charge in [-0.05, 0) is 83.5 Å². The van der Waals surface area contributed by atoms with Gasteiger partial charge in [-0.25, -0.2) is 4.57 Å². The van der Waals surface area contributed by atoms with Crippen LogP contribution in [0.15, 0.2) is 97.2 Å². The molecule has 0 rings (SSSR count). The number of hydrogen-bond acceptors (Lipinski definition) is 10. The topological polar surface area (TPSA) is 192 Å². The normalized spacial score (nSPS) is 15.3. The van der Waals surface area contributed by atoms with E-state index in [0.717, 1.165) is 51.4 Å². The molecule has 0 fully saturated rings. The average Bonchev–Trinajstić information content (AvgIpc) is 3.18. The van der Waals surface area contributed by atoms with Crippen molar-refractivity contribution in [3.8, 4) is 0 Å². The van der Waals surface area contributed by atoms with Crippen LogP contribution in [0.4, 0.5) is 0 Å². The van der Waals surface area contributed by atoms with Crippen LogP contribution in [0.3, 0.4) is 0 Å². The van der Waals surface area contributed by atoms with Gasteiger partial charge in [0.1, 0.15) is 12.6 Å². The van der Waals surface area contributed by atoms with Gasteiger partial charge >= 0.3 is 25.7 Å². The Morgan fingerprint density at radius 2 is 1.18 bits per heavy atom. The molecule has 0 bridgehead atoms. The lowest BCUT2D eigenvalue weighted by atomic mass is 10.1. The van der Waals surface area contributed by atoms with E-state index in [-0.39, 0.29) is 12.8 Å². The van der Waals surface area contributed by atoms with Gasteiger partial charge in [-0.2, -0.15) is 0 Å². The second-order valence-corrected chi connectivity index (χ2v) is 14.7. The molecule has 0 aliphatic rings. The minimum atomic E-state index is -4.76. The fourth-order valence-electron chi connectivity index (χ4n) is 4.65. The number of carboxylic acid groups (broad SMARTS) is 1. The maximum atomic E-state index is 12.6. The van der Waals surface area contributed by atoms with Crippen molar-refractivity contribution in [3.63, 3.8) is 0 Å². The highest BCUT2D eigenvalue weighted by Gasteiger charge is 2.28. The van der Waals surface area contributed by atoms with Gasteiger partial charge in [-0.15, -0.1) is 0 Å². The summed E-state index contributed by atoms with van der Waals surface area (Å²) >= 11 is 0. The molecule has 0 aromatic carbocycles. The molecule has 0 aliphatic carbocycles. The number of rotatable bonds is 36. The Kier molecular flexibility index (Phi) is 35.5. The molecule has 0 saturated carbocycles. The van der Waals surface area contributed by atoms with E-state index >= 15 is 0 Å². The Morgan fingerprint density at radius 1 is 0.649 bits per heavy atom. The standard InChI is InChI=1S/C44H70NO11P/c1-3-5-7-8-9-10-11-12-13-14-18-21-24-27-30-34-42(47)53-36-40(37-54-57(51,52)55-38-41(45)44(49)50)56-43(48)35-31-28-25-22-19-16-15-17-20-23-26-29-33-39(46)32-6-4-2/h6,9-10,12-13,15-16,18,20-23,25-26,29,32,39-41,46H,3-5,7-8,11,14,17,19,24,27-28,30-31,33-38,45H2,1-2H3,(H,49,50)(H,51,52)/b10-9-,13-12-,16-15-,21-18-,23-20-,25-22-,29-26+,32-6-/t39?,40-,41+/m1/s1. The summed E-state index contributed by atoms with van der Waals surface area (Å²) in [5, 5.41) is 18.6. The number of phosphoric ester groups is 1. The third-order valence-corrected chi connectivity index (χ3v) is 8.84. The summed E-state index contributed by atoms with van der Waals surface area (Å²) in [6.07, 6.45) is 44.0. The number of ether oxygens (including phenoxy) is 2. The van der Waals surface area contributed by atoms with E-state index < -0.39 is 63.8 Å². The number of aliphatic hydroxyl groups is 1. The zero-order chi connectivity index (χ0) is 42.2. The van der Waals surface area contributed by atoms with Crippen molar-refractivity contribution in [1.29, 1.82) is 0 Å². The van der Waals surface area contributed by atoms with Gasteiger partial charge < -0.3 is 30.3 Å². The number of unbranched alkanes of at least 4 members (excludes halogenated alkanes) is 6. The summed E-state index contributed by atoms with van der Waals surface area (Å²) in [5.41, 5.74) is 5.31. The molecule has 12 nitrogen and oxygen atoms in total. The lowest BCUT2D eigenvalue weighted by Crippen LogP contribution is -2.34. The van der Waals surface area contributed by atoms with Crippen LogP contribution in [0.1, 0.15) is 123 Å². The SMILES string of the molecule is CC/C=C\C(O)C/C=C/C=C\C/C=C\C/C=C\CCCC(=O)O[C@H](COC(=O)CCCC/C=C\C/C=C\C/C=C\CCCCC)COP(=O)(O)OC[C@H](N)C(=O)O. The van der Waals surface area contributed by atoms with E-state index in [9.17, 15) is 28.9 Å². The highest BCUT2D eigenvalue weighted by molar-refractivity contribution is 7.47. The van der Waals surface area contributed by atoms with E-state index in [0.29, 0.717) is 25.7 Å². The largest absolute Gasteiger partial charge is 0.480 e. The van der Waals surface area contributed by atoms with Crippen LogP contribution in [-0.2, 0) is 37.5 Å². The van der Waals surface area contributed by atoms with Crippen LogP contribution >= 0.6 is 7.82 Å². The Hall–Kier alpha value is -3.64. The second kappa shape index (κ2) is 37.9. The smallest absolute Gasteiger partial charge is 0.472 e. The first kappa shape index (κ1) is 53.4. The molecular weight excluding hydrogens is 749 g/mol. The minimum absolute atomic E-state index is 0.0507. The predicted molar refractivity (Wildman–Crippen MR) is 227 cm³/mol. The van der Waals surface area contributed by atoms with Crippen molar-refractivity contribution in [1.82, 2.24) is 0 Å². The summed E-state index contributed by atoms with van der Waals surface area (Å²) in [5.74, 6) is -2.55. The van der Waals surface area contributed by atoms with Crippen molar-refractivity contribution in [2.75, 3.05) is 19.8 Å². The quantitative estimate of drug-likeness (QED) is 0.0154. The lowest BCUT2D eigenvalue weighted by molar-refractivity contribution is -0.161. The monoisotopic (exact) mass is 819 g/mol. The first-order valence-electron chi connectivity index (χ1n) is 20.4. The molecule has 0 spiro atoms. The number of nitrogens with two attached hydrogens (primary N) is 1. The molecule has 13 heteroatoms. The van der Waals surface area contributed by atoms with E-state index in [1.165, 1.54) is 19.3 Å².